The van der Waals surface area contributed by atoms with Crippen molar-refractivity contribution in [3.8, 4) is 0 Å². The molecule has 0 spiro atoms. The number of rotatable bonds is 5. The van der Waals surface area contributed by atoms with Crippen molar-refractivity contribution < 1.29 is 12.8 Å². The van der Waals surface area contributed by atoms with Crippen LogP contribution in [0.1, 0.15) is 30.1 Å². The number of sulfonamides is 1. The molecular weight excluding hydrogens is 495 g/mol. The molecule has 9 nitrogen and oxygen atoms in total. The van der Waals surface area contributed by atoms with Crippen LogP contribution in [0, 0.1) is 5.82 Å². The zero-order chi connectivity index (χ0) is 25.6. The first-order chi connectivity index (χ1) is 17.9. The number of H-pyrrole nitrogens is 1. The van der Waals surface area contributed by atoms with Crippen molar-refractivity contribution in [1.82, 2.24) is 29.3 Å². The summed E-state index contributed by atoms with van der Waals surface area (Å²) >= 11 is 0. The van der Waals surface area contributed by atoms with E-state index in [1.54, 1.807) is 24.3 Å². The fraction of sp³-hybridized carbons (Fsp3) is 0.231. The molecule has 2 aromatic heterocycles. The number of nitrogens with zero attached hydrogens (tertiary/aromatic N) is 5. The minimum absolute atomic E-state index is 0.0990. The normalized spacial score (nSPS) is 16.9. The summed E-state index contributed by atoms with van der Waals surface area (Å²) in [6.45, 7) is 0.844. The van der Waals surface area contributed by atoms with Crippen LogP contribution in [-0.2, 0) is 16.6 Å². The molecule has 0 bridgehead atoms. The Labute approximate surface area is 211 Å². The lowest BCUT2D eigenvalue weighted by Gasteiger charge is -2.31. The van der Waals surface area contributed by atoms with Gasteiger partial charge in [-0.05, 0) is 42.0 Å². The van der Waals surface area contributed by atoms with Gasteiger partial charge in [0.1, 0.15) is 11.6 Å². The van der Waals surface area contributed by atoms with Crippen molar-refractivity contribution in [1.29, 1.82) is 0 Å². The van der Waals surface area contributed by atoms with Gasteiger partial charge in [-0.15, -0.1) is 5.10 Å². The van der Waals surface area contributed by atoms with E-state index in [0.717, 1.165) is 10.9 Å². The van der Waals surface area contributed by atoms with E-state index in [4.69, 9.17) is 0 Å². The smallest absolute Gasteiger partial charge is 0.281 e. The third-order valence-electron chi connectivity index (χ3n) is 6.78. The minimum atomic E-state index is -3.77. The summed E-state index contributed by atoms with van der Waals surface area (Å²) in [6, 6.07) is 18.7. The quantitative estimate of drug-likeness (QED) is 0.381. The first kappa shape index (κ1) is 23.4. The van der Waals surface area contributed by atoms with Gasteiger partial charge in [0.15, 0.2) is 11.2 Å². The maximum absolute atomic E-state index is 13.7. The molecule has 3 heterocycles. The molecule has 1 saturated heterocycles. The van der Waals surface area contributed by atoms with Crippen molar-refractivity contribution in [3.63, 3.8) is 0 Å². The zero-order valence-corrected chi connectivity index (χ0v) is 20.5. The van der Waals surface area contributed by atoms with Gasteiger partial charge in [0.25, 0.3) is 5.56 Å². The average Bonchev–Trinajstić information content (AvgIpc) is 3.33. The maximum atomic E-state index is 13.7. The van der Waals surface area contributed by atoms with Crippen molar-refractivity contribution >= 4 is 32.0 Å². The summed E-state index contributed by atoms with van der Waals surface area (Å²) in [4.78, 5) is 20.5. The lowest BCUT2D eigenvalue weighted by Crippen LogP contribution is -2.40. The Hall–Kier alpha value is -3.96. The number of fused-ring (bicyclic) bond motifs is 2. The van der Waals surface area contributed by atoms with E-state index in [1.165, 1.54) is 21.1 Å². The first-order valence-corrected chi connectivity index (χ1v) is 13.4. The highest BCUT2D eigenvalue weighted by molar-refractivity contribution is 7.89. The van der Waals surface area contributed by atoms with Crippen molar-refractivity contribution in [3.05, 3.63) is 94.3 Å². The summed E-state index contributed by atoms with van der Waals surface area (Å²) in [5, 5.41) is 9.57. The molecule has 1 aliphatic heterocycles. The lowest BCUT2D eigenvalue weighted by molar-refractivity contribution is 0.309. The monoisotopic (exact) mass is 518 g/mol. The summed E-state index contributed by atoms with van der Waals surface area (Å²) in [6.07, 6.45) is 1.30. The van der Waals surface area contributed by atoms with E-state index in [0.29, 0.717) is 36.2 Å². The lowest BCUT2D eigenvalue weighted by atomic mass is 9.99. The van der Waals surface area contributed by atoms with E-state index in [1.807, 2.05) is 30.3 Å². The van der Waals surface area contributed by atoms with E-state index < -0.39 is 15.6 Å². The molecule has 3 aromatic carbocycles. The van der Waals surface area contributed by atoms with E-state index in [2.05, 4.69) is 20.3 Å². The van der Waals surface area contributed by atoms with Crippen LogP contribution in [-0.4, -0.2) is 50.8 Å². The Morgan fingerprint density at radius 3 is 2.65 bits per heavy atom. The summed E-state index contributed by atoms with van der Waals surface area (Å²) < 4.78 is 43.6. The van der Waals surface area contributed by atoms with Gasteiger partial charge >= 0.3 is 0 Å². The summed E-state index contributed by atoms with van der Waals surface area (Å²) in [5.41, 5.74) is 0.750. The zero-order valence-electron chi connectivity index (χ0n) is 19.7. The van der Waals surface area contributed by atoms with Crippen molar-refractivity contribution in [2.24, 2.45) is 0 Å². The Bertz CT molecular complexity index is 1780. The molecule has 188 valence electrons. The van der Waals surface area contributed by atoms with Crippen molar-refractivity contribution in [2.45, 2.75) is 30.2 Å². The minimum Gasteiger partial charge on any atom is -0.308 e. The van der Waals surface area contributed by atoms with Crippen LogP contribution in [0.15, 0.2) is 76.4 Å². The van der Waals surface area contributed by atoms with Gasteiger partial charge in [0.2, 0.25) is 10.0 Å². The number of benzene rings is 3. The second-order valence-electron chi connectivity index (χ2n) is 9.18. The molecule has 5 aromatic rings. The number of aromatic nitrogens is 5. The molecule has 1 aliphatic rings. The number of nitrogens with one attached hydrogen (secondary N) is 1. The second-order valence-corrected chi connectivity index (χ2v) is 11.1. The molecule has 37 heavy (non-hydrogen) atoms. The Kier molecular flexibility index (Phi) is 5.81. The van der Waals surface area contributed by atoms with E-state index in [9.17, 15) is 17.6 Å². The number of hydrogen-bond donors (Lipinski definition) is 1. The van der Waals surface area contributed by atoms with Crippen molar-refractivity contribution in [2.75, 3.05) is 13.1 Å². The highest BCUT2D eigenvalue weighted by Gasteiger charge is 2.33. The number of hydrogen-bond acceptors (Lipinski definition) is 6. The third-order valence-corrected chi connectivity index (χ3v) is 8.70. The number of aromatic amines is 1. The molecule has 1 unspecified atom stereocenters. The van der Waals surface area contributed by atoms with Gasteiger partial charge in [0, 0.05) is 24.4 Å². The maximum Gasteiger partial charge on any atom is 0.281 e. The van der Waals surface area contributed by atoms with E-state index in [-0.39, 0.29) is 35.2 Å². The third kappa shape index (κ3) is 4.30. The second kappa shape index (κ2) is 9.16. The predicted molar refractivity (Wildman–Crippen MR) is 136 cm³/mol. The molecular formula is C26H23FN6O3S. The van der Waals surface area contributed by atoms with Gasteiger partial charge < -0.3 is 4.98 Å². The highest BCUT2D eigenvalue weighted by Crippen LogP contribution is 2.31. The molecule has 0 radical (unpaired) electrons. The predicted octanol–water partition coefficient (Wildman–Crippen LogP) is 3.42. The van der Waals surface area contributed by atoms with Crippen LogP contribution in [0.25, 0.3) is 21.9 Å². The van der Waals surface area contributed by atoms with Crippen LogP contribution < -0.4 is 5.56 Å². The molecule has 0 saturated carbocycles. The average molecular weight is 519 g/mol. The largest absolute Gasteiger partial charge is 0.308 e. The number of piperidine rings is 1. The number of halogens is 1. The summed E-state index contributed by atoms with van der Waals surface area (Å²) in [5.74, 6) is -0.243. The van der Waals surface area contributed by atoms with Crippen LogP contribution >= 0.6 is 0 Å². The van der Waals surface area contributed by atoms with Gasteiger partial charge in [-0.1, -0.05) is 53.7 Å². The molecule has 0 amide bonds. The Morgan fingerprint density at radius 1 is 1.03 bits per heavy atom. The summed E-state index contributed by atoms with van der Waals surface area (Å²) in [7, 11) is -3.77. The van der Waals surface area contributed by atoms with Gasteiger partial charge in [0.05, 0.1) is 11.4 Å². The molecule has 1 fully saturated rings. The molecule has 11 heteroatoms. The fourth-order valence-electron chi connectivity index (χ4n) is 4.89. The topological polar surface area (TPSA) is 114 Å². The highest BCUT2D eigenvalue weighted by atomic mass is 32.2. The molecule has 1 N–H and O–H groups in total. The SMILES string of the molecule is O=c1[nH]c(C2CCCN(S(=O)(=O)c3cccc4ccccc34)C2)nc2c1nnn2Cc1ccc(F)cc1. The van der Waals surface area contributed by atoms with Crippen LogP contribution in [0.3, 0.4) is 0 Å². The van der Waals surface area contributed by atoms with Crippen LogP contribution in [0.2, 0.25) is 0 Å². The van der Waals surface area contributed by atoms with Gasteiger partial charge in [-0.25, -0.2) is 22.5 Å². The fourth-order valence-corrected chi connectivity index (χ4v) is 6.63. The molecule has 0 aliphatic carbocycles. The van der Waals surface area contributed by atoms with Gasteiger partial charge in [-0.3, -0.25) is 4.79 Å². The van der Waals surface area contributed by atoms with Crippen LogP contribution in [0.4, 0.5) is 4.39 Å². The standard InChI is InChI=1S/C26H23FN6O3S/c27-20-12-10-17(11-13-20)15-33-25-23(30-31-33)26(34)29-24(28-25)19-7-4-14-32(16-19)37(35,36)22-9-3-6-18-5-1-2-8-21(18)22/h1-3,5-6,8-13,19H,4,7,14-16H2,(H,28,29,34). The molecule has 1 atom stereocenters. The van der Waals surface area contributed by atoms with Crippen LogP contribution in [0.5, 0.6) is 0 Å². The first-order valence-electron chi connectivity index (χ1n) is 12.0. The Morgan fingerprint density at radius 2 is 1.81 bits per heavy atom. The van der Waals surface area contributed by atoms with Gasteiger partial charge in [-0.2, -0.15) is 4.31 Å². The van der Waals surface area contributed by atoms with E-state index >= 15 is 0 Å². The molecule has 6 rings (SSSR count). The Balaban J connectivity index is 1.33.